The normalized spacial score (nSPS) is 11.9. The largest absolute Gasteiger partial charge is 0.354 e. The van der Waals surface area contributed by atoms with E-state index in [0.29, 0.717) is 19.5 Å². The zero-order valence-electron chi connectivity index (χ0n) is 23.6. The molecule has 0 bridgehead atoms. The minimum absolute atomic E-state index is 0.00870. The molecule has 0 spiro atoms. The quantitative estimate of drug-likeness (QED) is 0.113. The van der Waals surface area contributed by atoms with Gasteiger partial charge in [0.1, 0.15) is 6.04 Å². The molecule has 0 aliphatic carbocycles. The van der Waals surface area contributed by atoms with E-state index >= 15 is 0 Å². The van der Waals surface area contributed by atoms with Crippen LogP contribution >= 0.6 is 0 Å². The molecule has 0 rings (SSSR count). The maximum absolute atomic E-state index is 12.5. The highest BCUT2D eigenvalue weighted by molar-refractivity contribution is 5.87. The van der Waals surface area contributed by atoms with E-state index in [9.17, 15) is 14.4 Å². The minimum atomic E-state index is -0.541. The highest BCUT2D eigenvalue weighted by Crippen LogP contribution is 2.11. The first-order chi connectivity index (χ1) is 17.4. The van der Waals surface area contributed by atoms with Gasteiger partial charge in [0.25, 0.3) is 0 Å². The fraction of sp³-hybridized carbons (Fsp3) is 0.893. The predicted octanol–water partition coefficient (Wildman–Crippen LogP) is 4.76. The van der Waals surface area contributed by atoms with Crippen molar-refractivity contribution in [2.75, 3.05) is 26.2 Å². The van der Waals surface area contributed by atoms with Gasteiger partial charge in [-0.3, -0.25) is 9.59 Å². The molecule has 0 aromatic heterocycles. The van der Waals surface area contributed by atoms with E-state index in [-0.39, 0.29) is 17.7 Å². The third kappa shape index (κ3) is 22.6. The summed E-state index contributed by atoms with van der Waals surface area (Å²) in [4.78, 5) is 35.4. The van der Waals surface area contributed by atoms with Crippen LogP contribution in [0.2, 0.25) is 0 Å². The summed E-state index contributed by atoms with van der Waals surface area (Å²) in [5, 5.41) is 11.7. The van der Waals surface area contributed by atoms with E-state index in [2.05, 4.69) is 28.2 Å². The summed E-state index contributed by atoms with van der Waals surface area (Å²) in [6, 6.07) is -1.07. The lowest BCUT2D eigenvalue weighted by Gasteiger charge is -2.21. The summed E-state index contributed by atoms with van der Waals surface area (Å²) in [5.41, 5.74) is 5.02. The molecule has 0 saturated heterocycles. The first kappa shape index (κ1) is 34.2. The van der Waals surface area contributed by atoms with Gasteiger partial charge >= 0.3 is 6.03 Å². The van der Waals surface area contributed by atoms with Crippen LogP contribution in [0.3, 0.4) is 0 Å². The zero-order valence-corrected chi connectivity index (χ0v) is 23.6. The van der Waals surface area contributed by atoms with E-state index in [1.165, 1.54) is 77.0 Å². The van der Waals surface area contributed by atoms with Gasteiger partial charge in [-0.1, -0.05) is 91.4 Å². The fourth-order valence-corrected chi connectivity index (χ4v) is 4.15. The van der Waals surface area contributed by atoms with Gasteiger partial charge in [0.2, 0.25) is 11.8 Å². The molecule has 0 aromatic carbocycles. The molecule has 212 valence electrons. The Labute approximate surface area is 221 Å². The van der Waals surface area contributed by atoms with Crippen molar-refractivity contribution in [2.24, 2.45) is 11.7 Å². The second-order valence-electron chi connectivity index (χ2n) is 10.3. The highest BCUT2D eigenvalue weighted by Gasteiger charge is 2.23. The number of carbonyl (C=O) groups is 3. The SMILES string of the molecule is CCCCCCCCCCCCCCNCCCC(=O)NC(C(=O)NCCCCNC(N)=O)C(C)C. The monoisotopic (exact) mass is 511 g/mol. The third-order valence-electron chi connectivity index (χ3n) is 6.43. The minimum Gasteiger partial charge on any atom is -0.354 e. The van der Waals surface area contributed by atoms with Crippen molar-refractivity contribution in [3.8, 4) is 0 Å². The van der Waals surface area contributed by atoms with Crippen LogP contribution in [-0.4, -0.2) is 50.1 Å². The Morgan fingerprint density at radius 2 is 1.11 bits per heavy atom. The lowest BCUT2D eigenvalue weighted by Crippen LogP contribution is -2.50. The Kier molecular flexibility index (Phi) is 23.6. The van der Waals surface area contributed by atoms with Crippen molar-refractivity contribution in [3.63, 3.8) is 0 Å². The number of primary amides is 1. The molecule has 4 amide bonds. The number of unbranched alkanes of at least 4 members (excludes halogenated alkanes) is 12. The Hall–Kier alpha value is -1.83. The van der Waals surface area contributed by atoms with E-state index in [0.717, 1.165) is 32.4 Å². The third-order valence-corrected chi connectivity index (χ3v) is 6.43. The number of hydrogen-bond acceptors (Lipinski definition) is 4. The van der Waals surface area contributed by atoms with Crippen molar-refractivity contribution in [3.05, 3.63) is 0 Å². The topological polar surface area (TPSA) is 125 Å². The van der Waals surface area contributed by atoms with Crippen molar-refractivity contribution in [1.29, 1.82) is 0 Å². The molecule has 1 atom stereocenters. The average molecular weight is 512 g/mol. The fourth-order valence-electron chi connectivity index (χ4n) is 4.15. The van der Waals surface area contributed by atoms with E-state index < -0.39 is 12.1 Å². The van der Waals surface area contributed by atoms with Gasteiger partial charge in [-0.25, -0.2) is 4.79 Å². The van der Waals surface area contributed by atoms with Crippen molar-refractivity contribution >= 4 is 17.8 Å². The summed E-state index contributed by atoms with van der Waals surface area (Å²) in [6.07, 6.45) is 18.9. The molecule has 0 fully saturated rings. The molecule has 8 heteroatoms. The van der Waals surface area contributed by atoms with Crippen LogP contribution in [0.5, 0.6) is 0 Å². The number of rotatable bonds is 25. The van der Waals surface area contributed by atoms with Crippen LogP contribution < -0.4 is 27.0 Å². The molecule has 0 aromatic rings. The molecule has 0 aliphatic heterocycles. The lowest BCUT2D eigenvalue weighted by atomic mass is 10.0. The number of carbonyl (C=O) groups excluding carboxylic acids is 3. The van der Waals surface area contributed by atoms with Crippen LogP contribution in [0.1, 0.15) is 124 Å². The smallest absolute Gasteiger partial charge is 0.312 e. The summed E-state index contributed by atoms with van der Waals surface area (Å²) in [7, 11) is 0. The van der Waals surface area contributed by atoms with Crippen LogP contribution in [0.4, 0.5) is 4.79 Å². The van der Waals surface area contributed by atoms with E-state index in [1.54, 1.807) is 0 Å². The number of nitrogens with one attached hydrogen (secondary N) is 4. The van der Waals surface area contributed by atoms with Crippen LogP contribution in [0.15, 0.2) is 0 Å². The molecule has 0 heterocycles. The lowest BCUT2D eigenvalue weighted by molar-refractivity contribution is -0.130. The van der Waals surface area contributed by atoms with E-state index in [4.69, 9.17) is 5.73 Å². The molecule has 6 N–H and O–H groups in total. The Bertz CT molecular complexity index is 557. The van der Waals surface area contributed by atoms with Gasteiger partial charge in [0.15, 0.2) is 0 Å². The van der Waals surface area contributed by atoms with Crippen LogP contribution in [-0.2, 0) is 9.59 Å². The number of amides is 4. The molecular formula is C28H57N5O3. The van der Waals surface area contributed by atoms with Gasteiger partial charge in [-0.15, -0.1) is 0 Å². The molecule has 8 nitrogen and oxygen atoms in total. The molecule has 0 radical (unpaired) electrons. The predicted molar refractivity (Wildman–Crippen MR) is 150 cm³/mol. The second kappa shape index (κ2) is 24.8. The molecule has 36 heavy (non-hydrogen) atoms. The highest BCUT2D eigenvalue weighted by atomic mass is 16.2. The Morgan fingerprint density at radius 1 is 0.639 bits per heavy atom. The summed E-state index contributed by atoms with van der Waals surface area (Å²) < 4.78 is 0. The molecule has 1 unspecified atom stereocenters. The summed E-state index contributed by atoms with van der Waals surface area (Å²) in [5.74, 6) is -0.234. The molecule has 0 saturated carbocycles. The van der Waals surface area contributed by atoms with Crippen molar-refractivity contribution in [2.45, 2.75) is 130 Å². The van der Waals surface area contributed by atoms with Gasteiger partial charge in [0, 0.05) is 19.5 Å². The molecular weight excluding hydrogens is 454 g/mol. The van der Waals surface area contributed by atoms with Gasteiger partial charge in [-0.05, 0) is 44.7 Å². The Morgan fingerprint density at radius 3 is 1.64 bits per heavy atom. The number of hydrogen-bond donors (Lipinski definition) is 5. The maximum atomic E-state index is 12.5. The van der Waals surface area contributed by atoms with E-state index in [1.807, 2.05) is 13.8 Å². The summed E-state index contributed by atoms with van der Waals surface area (Å²) in [6.45, 7) is 8.94. The molecule has 0 aliphatic rings. The van der Waals surface area contributed by atoms with Crippen molar-refractivity contribution < 1.29 is 14.4 Å². The maximum Gasteiger partial charge on any atom is 0.312 e. The Balaban J connectivity index is 3.66. The summed E-state index contributed by atoms with van der Waals surface area (Å²) >= 11 is 0. The van der Waals surface area contributed by atoms with Crippen molar-refractivity contribution in [1.82, 2.24) is 21.3 Å². The zero-order chi connectivity index (χ0) is 26.9. The first-order valence-electron chi connectivity index (χ1n) is 14.7. The number of nitrogens with two attached hydrogens (primary N) is 1. The number of urea groups is 1. The average Bonchev–Trinajstić information content (AvgIpc) is 2.83. The first-order valence-corrected chi connectivity index (χ1v) is 14.7. The second-order valence-corrected chi connectivity index (χ2v) is 10.3. The van der Waals surface area contributed by atoms with Gasteiger partial charge in [-0.2, -0.15) is 0 Å². The van der Waals surface area contributed by atoms with Crippen LogP contribution in [0, 0.1) is 5.92 Å². The standard InChI is InChI=1S/C28H57N5O3/c1-4-5-6-7-8-9-10-11-12-13-14-15-20-30-21-18-19-25(34)33-26(24(2)3)27(35)31-22-16-17-23-32-28(29)36/h24,26,30H,4-23H2,1-3H3,(H,31,35)(H,33,34)(H3,29,32,36). The van der Waals surface area contributed by atoms with Crippen LogP contribution in [0.25, 0.3) is 0 Å². The van der Waals surface area contributed by atoms with Gasteiger partial charge in [0.05, 0.1) is 0 Å². The van der Waals surface area contributed by atoms with Gasteiger partial charge < -0.3 is 27.0 Å².